The van der Waals surface area contributed by atoms with Crippen molar-refractivity contribution in [1.29, 1.82) is 5.26 Å². The van der Waals surface area contributed by atoms with Crippen LogP contribution in [-0.2, 0) is 12.4 Å². The van der Waals surface area contributed by atoms with Crippen molar-refractivity contribution in [3.63, 3.8) is 0 Å². The first kappa shape index (κ1) is 25.8. The molecule has 4 aromatic rings. The Kier molecular flexibility index (Phi) is 6.95. The molecule has 0 aliphatic rings. The molecule has 0 aromatic heterocycles. The highest BCUT2D eigenvalue weighted by atomic mass is 19.4. The summed E-state index contributed by atoms with van der Waals surface area (Å²) in [5.74, 6) is 0. The Morgan fingerprint density at radius 2 is 1.05 bits per heavy atom. The lowest BCUT2D eigenvalue weighted by atomic mass is 9.97. The highest BCUT2D eigenvalue weighted by molar-refractivity contribution is 5.90. The van der Waals surface area contributed by atoms with Gasteiger partial charge in [-0.2, -0.15) is 31.6 Å². The van der Waals surface area contributed by atoms with Gasteiger partial charge in [0.05, 0.1) is 22.8 Å². The normalized spacial score (nSPS) is 12.3. The maximum Gasteiger partial charge on any atom is 0.416 e. The fourth-order valence-corrected chi connectivity index (χ4v) is 3.83. The number of benzene rings is 4. The Morgan fingerprint density at radius 3 is 1.51 bits per heavy atom. The van der Waals surface area contributed by atoms with Crippen molar-refractivity contribution in [2.24, 2.45) is 0 Å². The van der Waals surface area contributed by atoms with E-state index in [-0.39, 0.29) is 17.2 Å². The summed E-state index contributed by atoms with van der Waals surface area (Å²) in [6, 6.07) is 25.0. The molecule has 0 amide bonds. The number of nitrogens with zero attached hydrogens (tertiary/aromatic N) is 1. The van der Waals surface area contributed by atoms with E-state index >= 15 is 0 Å². The third-order valence-corrected chi connectivity index (χ3v) is 5.84. The molecule has 37 heavy (non-hydrogen) atoms. The average molecular weight is 507 g/mol. The van der Waals surface area contributed by atoms with Crippen LogP contribution in [0.5, 0.6) is 0 Å². The molecule has 4 rings (SSSR count). The number of allylic oxidation sites excluding steroid dienone is 1. The van der Waals surface area contributed by atoms with Gasteiger partial charge in [-0.15, -0.1) is 0 Å². The van der Waals surface area contributed by atoms with Crippen molar-refractivity contribution in [3.05, 3.63) is 119 Å². The van der Waals surface area contributed by atoms with Crippen molar-refractivity contribution in [2.75, 3.05) is 0 Å². The summed E-state index contributed by atoms with van der Waals surface area (Å²) in [6.45, 7) is 2.00. The van der Waals surface area contributed by atoms with Gasteiger partial charge >= 0.3 is 12.4 Å². The zero-order chi connectivity index (χ0) is 26.8. The summed E-state index contributed by atoms with van der Waals surface area (Å²) in [5.41, 5.74) is 2.03. The second kappa shape index (κ2) is 9.98. The van der Waals surface area contributed by atoms with E-state index < -0.39 is 23.5 Å². The summed E-state index contributed by atoms with van der Waals surface area (Å²) in [4.78, 5) is 0. The second-order valence-corrected chi connectivity index (χ2v) is 8.53. The Bertz CT molecular complexity index is 1440. The molecule has 0 radical (unpaired) electrons. The van der Waals surface area contributed by atoms with Gasteiger partial charge in [-0.3, -0.25) is 0 Å². The SMILES string of the molecule is Cc1ccc(-c2ccc(/C(C#N)=C/c3ccc(-c4cc(C(F)(F)F)cc(C(F)(F)F)c4)cc3)cc2)cc1. The molecule has 0 aliphatic heterocycles. The topological polar surface area (TPSA) is 23.8 Å². The Morgan fingerprint density at radius 1 is 0.622 bits per heavy atom. The first-order chi connectivity index (χ1) is 17.4. The monoisotopic (exact) mass is 507 g/mol. The molecule has 1 nitrogen and oxygen atoms in total. The molecule has 0 saturated heterocycles. The highest BCUT2D eigenvalue weighted by Gasteiger charge is 2.37. The Balaban J connectivity index is 1.62. The Labute approximate surface area is 209 Å². The molecule has 0 spiro atoms. The van der Waals surface area contributed by atoms with E-state index in [1.807, 2.05) is 55.5 Å². The number of rotatable bonds is 4. The first-order valence-corrected chi connectivity index (χ1v) is 11.1. The molecular weight excluding hydrogens is 488 g/mol. The quantitative estimate of drug-likeness (QED) is 0.153. The van der Waals surface area contributed by atoms with E-state index in [2.05, 4.69) is 6.07 Å². The fourth-order valence-electron chi connectivity index (χ4n) is 3.83. The standard InChI is InChI=1S/C30H19F6N/c1-19-2-6-21(7-3-19)22-10-12-24(13-11-22)26(18-37)14-20-4-8-23(9-5-20)25-15-27(29(31,32)33)17-28(16-25)30(34,35)36/h2-17H,1H3/b26-14+. The van der Waals surface area contributed by atoms with Crippen LogP contribution in [0.1, 0.15) is 27.8 Å². The molecule has 186 valence electrons. The number of alkyl halides is 6. The van der Waals surface area contributed by atoms with Gasteiger partial charge in [0, 0.05) is 0 Å². The van der Waals surface area contributed by atoms with Crippen LogP contribution >= 0.6 is 0 Å². The number of hydrogen-bond acceptors (Lipinski definition) is 1. The van der Waals surface area contributed by atoms with Gasteiger partial charge in [0.2, 0.25) is 0 Å². The second-order valence-electron chi connectivity index (χ2n) is 8.53. The van der Waals surface area contributed by atoms with E-state index in [4.69, 9.17) is 0 Å². The summed E-state index contributed by atoms with van der Waals surface area (Å²) in [6.07, 6.45) is -8.23. The first-order valence-electron chi connectivity index (χ1n) is 11.1. The van der Waals surface area contributed by atoms with Crippen molar-refractivity contribution in [3.8, 4) is 28.3 Å². The molecule has 0 fully saturated rings. The largest absolute Gasteiger partial charge is 0.416 e. The minimum absolute atomic E-state index is 0.101. The van der Waals surface area contributed by atoms with Gasteiger partial charge in [-0.25, -0.2) is 0 Å². The van der Waals surface area contributed by atoms with Crippen LogP contribution in [0.3, 0.4) is 0 Å². The van der Waals surface area contributed by atoms with Gasteiger partial charge in [-0.1, -0.05) is 78.4 Å². The number of nitriles is 1. The molecular formula is C30H19F6N. The van der Waals surface area contributed by atoms with E-state index in [1.54, 1.807) is 18.2 Å². The van der Waals surface area contributed by atoms with Crippen LogP contribution in [0.25, 0.3) is 33.9 Å². The molecule has 0 saturated carbocycles. The van der Waals surface area contributed by atoms with Crippen molar-refractivity contribution >= 4 is 11.6 Å². The number of hydrogen-bond donors (Lipinski definition) is 0. The van der Waals surface area contributed by atoms with Gasteiger partial charge in [0.15, 0.2) is 0 Å². The van der Waals surface area contributed by atoms with Gasteiger partial charge in [0.1, 0.15) is 0 Å². The third-order valence-electron chi connectivity index (χ3n) is 5.84. The number of aryl methyl sites for hydroxylation is 1. The molecule has 0 unspecified atom stereocenters. The Hall–Kier alpha value is -4.31. The van der Waals surface area contributed by atoms with Crippen LogP contribution in [0.4, 0.5) is 26.3 Å². The predicted octanol–water partition coefficient (Wildman–Crippen LogP) is 9.43. The zero-order valence-corrected chi connectivity index (χ0v) is 19.5. The highest BCUT2D eigenvalue weighted by Crippen LogP contribution is 2.38. The third kappa shape index (κ3) is 6.10. The zero-order valence-electron chi connectivity index (χ0n) is 19.5. The average Bonchev–Trinajstić information content (AvgIpc) is 2.87. The van der Waals surface area contributed by atoms with E-state index in [0.717, 1.165) is 16.7 Å². The van der Waals surface area contributed by atoms with E-state index in [9.17, 15) is 31.6 Å². The summed E-state index contributed by atoms with van der Waals surface area (Å²) in [7, 11) is 0. The van der Waals surface area contributed by atoms with E-state index in [0.29, 0.717) is 28.8 Å². The van der Waals surface area contributed by atoms with Crippen LogP contribution in [0, 0.1) is 18.3 Å². The molecule has 7 heteroatoms. The molecule has 0 N–H and O–H groups in total. The van der Waals surface area contributed by atoms with E-state index in [1.165, 1.54) is 12.1 Å². The van der Waals surface area contributed by atoms with Crippen molar-refractivity contribution in [2.45, 2.75) is 19.3 Å². The lowest BCUT2D eigenvalue weighted by Gasteiger charge is -2.14. The van der Waals surface area contributed by atoms with Crippen LogP contribution in [0.2, 0.25) is 0 Å². The van der Waals surface area contributed by atoms with Crippen LogP contribution < -0.4 is 0 Å². The maximum atomic E-state index is 13.2. The predicted molar refractivity (Wildman–Crippen MR) is 132 cm³/mol. The van der Waals surface area contributed by atoms with Gasteiger partial charge in [-0.05, 0) is 64.6 Å². The molecule has 0 atom stereocenters. The summed E-state index contributed by atoms with van der Waals surface area (Å²) < 4.78 is 79.1. The smallest absolute Gasteiger partial charge is 0.192 e. The fraction of sp³-hybridized carbons (Fsp3) is 0.100. The van der Waals surface area contributed by atoms with Crippen LogP contribution in [0.15, 0.2) is 91.0 Å². The minimum Gasteiger partial charge on any atom is -0.192 e. The van der Waals surface area contributed by atoms with Crippen molar-refractivity contribution < 1.29 is 26.3 Å². The van der Waals surface area contributed by atoms with Gasteiger partial charge < -0.3 is 0 Å². The van der Waals surface area contributed by atoms with Crippen LogP contribution in [-0.4, -0.2) is 0 Å². The van der Waals surface area contributed by atoms with Gasteiger partial charge in [0.25, 0.3) is 0 Å². The molecule has 0 bridgehead atoms. The molecule has 0 heterocycles. The van der Waals surface area contributed by atoms with Crippen molar-refractivity contribution in [1.82, 2.24) is 0 Å². The number of halogens is 6. The summed E-state index contributed by atoms with van der Waals surface area (Å²) in [5, 5.41) is 9.67. The maximum absolute atomic E-state index is 13.2. The molecule has 4 aromatic carbocycles. The molecule has 0 aliphatic carbocycles. The summed E-state index contributed by atoms with van der Waals surface area (Å²) >= 11 is 0. The lowest BCUT2D eigenvalue weighted by Crippen LogP contribution is -2.11. The lowest BCUT2D eigenvalue weighted by molar-refractivity contribution is -0.143. The minimum atomic E-state index is -4.92.